The minimum atomic E-state index is -0.317. The van der Waals surface area contributed by atoms with Gasteiger partial charge in [-0.05, 0) is 25.0 Å². The third-order valence-corrected chi connectivity index (χ3v) is 3.65. The van der Waals surface area contributed by atoms with Crippen molar-refractivity contribution in [2.24, 2.45) is 0 Å². The SMILES string of the molecule is COc1ccc2c(n1)N(C(=O)COc1c(C)occc1=O)CC2. The zero-order valence-corrected chi connectivity index (χ0v) is 12.9. The third-order valence-electron chi connectivity index (χ3n) is 3.65. The summed E-state index contributed by atoms with van der Waals surface area (Å²) in [6.07, 6.45) is 2.02. The van der Waals surface area contributed by atoms with Gasteiger partial charge in [0.2, 0.25) is 17.1 Å². The number of hydrogen-bond donors (Lipinski definition) is 0. The van der Waals surface area contributed by atoms with E-state index in [-0.39, 0.29) is 23.7 Å². The first-order chi connectivity index (χ1) is 11.1. The lowest BCUT2D eigenvalue weighted by atomic mass is 10.2. The highest BCUT2D eigenvalue weighted by molar-refractivity contribution is 5.95. The van der Waals surface area contributed by atoms with Crippen LogP contribution in [0.25, 0.3) is 0 Å². The number of nitrogens with zero attached hydrogens (tertiary/aromatic N) is 2. The van der Waals surface area contributed by atoms with E-state index >= 15 is 0 Å². The predicted octanol–water partition coefficient (Wildman–Crippen LogP) is 1.32. The number of carbonyl (C=O) groups is 1. The van der Waals surface area contributed by atoms with Crippen LogP contribution in [0.1, 0.15) is 11.3 Å². The number of amides is 1. The number of aromatic nitrogens is 1. The van der Waals surface area contributed by atoms with Gasteiger partial charge in [-0.3, -0.25) is 14.5 Å². The van der Waals surface area contributed by atoms with Crippen LogP contribution in [-0.2, 0) is 11.2 Å². The quantitative estimate of drug-likeness (QED) is 0.846. The van der Waals surface area contributed by atoms with Crippen molar-refractivity contribution in [1.29, 1.82) is 0 Å². The molecule has 7 nitrogen and oxygen atoms in total. The van der Waals surface area contributed by atoms with Gasteiger partial charge in [0, 0.05) is 18.7 Å². The Morgan fingerprint density at radius 1 is 1.39 bits per heavy atom. The van der Waals surface area contributed by atoms with Gasteiger partial charge in [0.1, 0.15) is 11.6 Å². The summed E-state index contributed by atoms with van der Waals surface area (Å²) in [5.41, 5.74) is 0.665. The zero-order chi connectivity index (χ0) is 16.4. The van der Waals surface area contributed by atoms with E-state index in [1.165, 1.54) is 24.3 Å². The van der Waals surface area contributed by atoms with E-state index in [0.717, 1.165) is 12.0 Å². The lowest BCUT2D eigenvalue weighted by molar-refractivity contribution is -0.120. The number of aryl methyl sites for hydroxylation is 1. The Morgan fingerprint density at radius 2 is 2.22 bits per heavy atom. The van der Waals surface area contributed by atoms with Crippen LogP contribution in [0.4, 0.5) is 5.82 Å². The maximum absolute atomic E-state index is 12.4. The molecule has 3 rings (SSSR count). The first-order valence-corrected chi connectivity index (χ1v) is 7.15. The Labute approximate surface area is 132 Å². The highest BCUT2D eigenvalue weighted by Crippen LogP contribution is 2.28. The van der Waals surface area contributed by atoms with Crippen LogP contribution in [0.3, 0.4) is 0 Å². The number of hydrogen-bond acceptors (Lipinski definition) is 6. The van der Waals surface area contributed by atoms with Gasteiger partial charge in [0.25, 0.3) is 5.91 Å². The molecule has 3 heterocycles. The third kappa shape index (κ3) is 2.90. The molecular formula is C16H16N2O5. The molecule has 0 saturated carbocycles. The normalized spacial score (nSPS) is 12.9. The van der Waals surface area contributed by atoms with Crippen LogP contribution in [0.5, 0.6) is 11.6 Å². The Bertz CT molecular complexity index is 799. The van der Waals surface area contributed by atoms with Crippen molar-refractivity contribution in [3.63, 3.8) is 0 Å². The van der Waals surface area contributed by atoms with Crippen molar-refractivity contribution in [3.8, 4) is 11.6 Å². The molecule has 1 aliphatic rings. The molecule has 2 aromatic rings. The smallest absolute Gasteiger partial charge is 0.266 e. The van der Waals surface area contributed by atoms with Crippen LogP contribution in [0.15, 0.2) is 33.7 Å². The van der Waals surface area contributed by atoms with Gasteiger partial charge < -0.3 is 13.9 Å². The second kappa shape index (κ2) is 6.12. The lowest BCUT2D eigenvalue weighted by Crippen LogP contribution is -2.34. The summed E-state index contributed by atoms with van der Waals surface area (Å²) in [5.74, 6) is 1.15. The number of fused-ring (bicyclic) bond motifs is 1. The molecule has 0 unspecified atom stereocenters. The first kappa shape index (κ1) is 15.1. The summed E-state index contributed by atoms with van der Waals surface area (Å²) in [5, 5.41) is 0. The molecule has 0 saturated heterocycles. The minimum Gasteiger partial charge on any atom is -0.481 e. The van der Waals surface area contributed by atoms with Gasteiger partial charge in [0.05, 0.1) is 13.4 Å². The van der Waals surface area contributed by atoms with Crippen LogP contribution in [-0.4, -0.2) is 31.2 Å². The summed E-state index contributed by atoms with van der Waals surface area (Å²) in [6.45, 7) is 1.88. The van der Waals surface area contributed by atoms with Crippen LogP contribution < -0.4 is 19.8 Å². The van der Waals surface area contributed by atoms with E-state index in [0.29, 0.717) is 24.0 Å². The molecule has 0 spiro atoms. The maximum Gasteiger partial charge on any atom is 0.266 e. The average Bonchev–Trinajstić information content (AvgIpc) is 2.97. The van der Waals surface area contributed by atoms with Crippen molar-refractivity contribution >= 4 is 11.7 Å². The van der Waals surface area contributed by atoms with Crippen molar-refractivity contribution in [2.45, 2.75) is 13.3 Å². The fourth-order valence-corrected chi connectivity index (χ4v) is 2.47. The van der Waals surface area contributed by atoms with E-state index < -0.39 is 0 Å². The van der Waals surface area contributed by atoms with Crippen molar-refractivity contribution in [3.05, 3.63) is 46.0 Å². The van der Waals surface area contributed by atoms with E-state index in [1.54, 1.807) is 13.0 Å². The first-order valence-electron chi connectivity index (χ1n) is 7.15. The summed E-state index contributed by atoms with van der Waals surface area (Å²) < 4.78 is 15.6. The van der Waals surface area contributed by atoms with Crippen molar-refractivity contribution in [2.75, 3.05) is 25.2 Å². The molecule has 0 fully saturated rings. The standard InChI is InChI=1S/C16H16N2O5/c1-10-15(12(19)6-8-22-10)23-9-14(20)18-7-5-11-3-4-13(21-2)17-16(11)18/h3-4,6,8H,5,7,9H2,1-2H3. The molecule has 120 valence electrons. The average molecular weight is 316 g/mol. The van der Waals surface area contributed by atoms with Gasteiger partial charge in [-0.15, -0.1) is 0 Å². The van der Waals surface area contributed by atoms with E-state index in [9.17, 15) is 9.59 Å². The summed E-state index contributed by atoms with van der Waals surface area (Å²) >= 11 is 0. The van der Waals surface area contributed by atoms with Gasteiger partial charge in [-0.25, -0.2) is 0 Å². The number of carbonyl (C=O) groups excluding carboxylic acids is 1. The second-order valence-electron chi connectivity index (χ2n) is 5.09. The molecule has 2 aromatic heterocycles. The largest absolute Gasteiger partial charge is 0.481 e. The molecule has 1 aliphatic heterocycles. The Kier molecular flexibility index (Phi) is 4.01. The Balaban J connectivity index is 1.75. The molecular weight excluding hydrogens is 300 g/mol. The van der Waals surface area contributed by atoms with Crippen LogP contribution in [0.2, 0.25) is 0 Å². The Hall–Kier alpha value is -2.83. The highest BCUT2D eigenvalue weighted by Gasteiger charge is 2.27. The highest BCUT2D eigenvalue weighted by atomic mass is 16.5. The summed E-state index contributed by atoms with van der Waals surface area (Å²) in [4.78, 5) is 30.0. The molecule has 7 heteroatoms. The summed E-state index contributed by atoms with van der Waals surface area (Å²) in [7, 11) is 1.52. The van der Waals surface area contributed by atoms with E-state index in [1.807, 2.05) is 6.07 Å². The number of pyridine rings is 1. The molecule has 23 heavy (non-hydrogen) atoms. The molecule has 0 radical (unpaired) electrons. The Morgan fingerprint density at radius 3 is 2.96 bits per heavy atom. The second-order valence-corrected chi connectivity index (χ2v) is 5.09. The molecule has 0 aliphatic carbocycles. The fourth-order valence-electron chi connectivity index (χ4n) is 2.47. The summed E-state index contributed by atoms with van der Waals surface area (Å²) in [6, 6.07) is 4.91. The van der Waals surface area contributed by atoms with E-state index in [4.69, 9.17) is 13.9 Å². The molecule has 0 atom stereocenters. The van der Waals surface area contributed by atoms with Crippen LogP contribution in [0, 0.1) is 6.92 Å². The maximum atomic E-state index is 12.4. The lowest BCUT2D eigenvalue weighted by Gasteiger charge is -2.17. The van der Waals surface area contributed by atoms with E-state index in [2.05, 4.69) is 4.98 Å². The molecule has 0 bridgehead atoms. The fraction of sp³-hybridized carbons (Fsp3) is 0.312. The number of rotatable bonds is 4. The number of methoxy groups -OCH3 is 1. The van der Waals surface area contributed by atoms with Gasteiger partial charge >= 0.3 is 0 Å². The molecule has 0 N–H and O–H groups in total. The van der Waals surface area contributed by atoms with Crippen molar-refractivity contribution in [1.82, 2.24) is 4.98 Å². The predicted molar refractivity (Wildman–Crippen MR) is 82.1 cm³/mol. The van der Waals surface area contributed by atoms with Gasteiger partial charge in [-0.2, -0.15) is 4.98 Å². The van der Waals surface area contributed by atoms with Gasteiger partial charge in [0.15, 0.2) is 6.61 Å². The number of ether oxygens (including phenoxy) is 2. The number of anilines is 1. The molecule has 1 amide bonds. The van der Waals surface area contributed by atoms with Crippen molar-refractivity contribution < 1.29 is 18.7 Å². The van der Waals surface area contributed by atoms with Crippen LogP contribution >= 0.6 is 0 Å². The minimum absolute atomic E-state index is 0.0545. The zero-order valence-electron chi connectivity index (χ0n) is 12.9. The molecule has 0 aromatic carbocycles. The topological polar surface area (TPSA) is 81.9 Å². The monoisotopic (exact) mass is 316 g/mol. The van der Waals surface area contributed by atoms with Gasteiger partial charge in [-0.1, -0.05) is 0 Å².